The van der Waals surface area contributed by atoms with Crippen molar-refractivity contribution in [1.29, 1.82) is 0 Å². The lowest BCUT2D eigenvalue weighted by Gasteiger charge is -2.15. The Morgan fingerprint density at radius 1 is 1.00 bits per heavy atom. The third kappa shape index (κ3) is 5.74. The van der Waals surface area contributed by atoms with Gasteiger partial charge in [-0.2, -0.15) is 0 Å². The van der Waals surface area contributed by atoms with Crippen LogP contribution < -0.4 is 14.8 Å². The van der Waals surface area contributed by atoms with Crippen molar-refractivity contribution in [2.45, 2.75) is 39.7 Å². The van der Waals surface area contributed by atoms with Gasteiger partial charge in [-0.1, -0.05) is 32.0 Å². The number of nitrogens with one attached hydrogen (secondary N) is 1. The van der Waals surface area contributed by atoms with Gasteiger partial charge in [0.25, 0.3) is 5.91 Å². The number of esters is 1. The standard InChI is InChI=1S/C22H27NO5/c1-14(2)17-8-6-7-9-18(17)23-21(24)13-27-22(25)16-10-11-19(28-15(3)4)20(12-16)26-5/h6-12,14-15H,13H2,1-5H3,(H,23,24). The summed E-state index contributed by atoms with van der Waals surface area (Å²) >= 11 is 0. The fourth-order valence-corrected chi connectivity index (χ4v) is 2.66. The lowest BCUT2D eigenvalue weighted by Crippen LogP contribution is -2.21. The normalized spacial score (nSPS) is 10.7. The van der Waals surface area contributed by atoms with Crippen LogP contribution in [0, 0.1) is 0 Å². The van der Waals surface area contributed by atoms with Gasteiger partial charge in [-0.3, -0.25) is 4.79 Å². The highest BCUT2D eigenvalue weighted by Crippen LogP contribution is 2.29. The van der Waals surface area contributed by atoms with Crippen LogP contribution in [0.5, 0.6) is 11.5 Å². The van der Waals surface area contributed by atoms with Gasteiger partial charge in [0.15, 0.2) is 18.1 Å². The third-order valence-electron chi connectivity index (χ3n) is 3.95. The molecule has 0 saturated carbocycles. The number of methoxy groups -OCH3 is 1. The van der Waals surface area contributed by atoms with Gasteiger partial charge < -0.3 is 19.5 Å². The van der Waals surface area contributed by atoms with Crippen LogP contribution in [-0.4, -0.2) is 31.7 Å². The first-order valence-corrected chi connectivity index (χ1v) is 9.22. The number of anilines is 1. The Kier molecular flexibility index (Phi) is 7.44. The molecule has 0 bridgehead atoms. The highest BCUT2D eigenvalue weighted by Gasteiger charge is 2.15. The Morgan fingerprint density at radius 3 is 2.36 bits per heavy atom. The highest BCUT2D eigenvalue weighted by atomic mass is 16.5. The van der Waals surface area contributed by atoms with E-state index in [4.69, 9.17) is 14.2 Å². The molecule has 1 amide bonds. The molecule has 28 heavy (non-hydrogen) atoms. The van der Waals surface area contributed by atoms with E-state index < -0.39 is 11.9 Å². The quantitative estimate of drug-likeness (QED) is 0.682. The summed E-state index contributed by atoms with van der Waals surface area (Å²) in [5.41, 5.74) is 2.02. The Hall–Kier alpha value is -3.02. The van der Waals surface area contributed by atoms with E-state index in [1.807, 2.05) is 52.0 Å². The van der Waals surface area contributed by atoms with Gasteiger partial charge in [0.05, 0.1) is 18.8 Å². The van der Waals surface area contributed by atoms with E-state index in [9.17, 15) is 9.59 Å². The summed E-state index contributed by atoms with van der Waals surface area (Å²) in [6.07, 6.45) is -0.0240. The number of ether oxygens (including phenoxy) is 3. The summed E-state index contributed by atoms with van der Waals surface area (Å²) < 4.78 is 16.0. The Bertz CT molecular complexity index is 829. The molecular weight excluding hydrogens is 358 g/mol. The number of para-hydroxylation sites is 1. The van der Waals surface area contributed by atoms with Crippen LogP contribution in [0.1, 0.15) is 49.5 Å². The van der Waals surface area contributed by atoms with Crippen molar-refractivity contribution in [2.24, 2.45) is 0 Å². The van der Waals surface area contributed by atoms with Crippen molar-refractivity contribution in [3.8, 4) is 11.5 Å². The number of carbonyl (C=O) groups excluding carboxylic acids is 2. The molecule has 0 aromatic heterocycles. The molecule has 0 fully saturated rings. The molecule has 0 saturated heterocycles. The summed E-state index contributed by atoms with van der Waals surface area (Å²) in [5.74, 6) is 0.225. The van der Waals surface area contributed by atoms with Crippen LogP contribution in [0.2, 0.25) is 0 Å². The minimum Gasteiger partial charge on any atom is -0.493 e. The Labute approximate surface area is 165 Å². The maximum atomic E-state index is 12.3. The predicted octanol–water partition coefficient (Wildman–Crippen LogP) is 4.40. The van der Waals surface area contributed by atoms with E-state index in [2.05, 4.69) is 5.32 Å². The molecule has 0 aliphatic heterocycles. The predicted molar refractivity (Wildman–Crippen MR) is 108 cm³/mol. The maximum absolute atomic E-state index is 12.3. The minimum absolute atomic E-state index is 0.0240. The molecular formula is C22H27NO5. The zero-order chi connectivity index (χ0) is 20.7. The second-order valence-electron chi connectivity index (χ2n) is 6.90. The average Bonchev–Trinajstić information content (AvgIpc) is 2.66. The Balaban J connectivity index is 1.99. The summed E-state index contributed by atoms with van der Waals surface area (Å²) in [6, 6.07) is 12.3. The van der Waals surface area contributed by atoms with Gasteiger partial charge in [0.2, 0.25) is 0 Å². The third-order valence-corrected chi connectivity index (χ3v) is 3.95. The highest BCUT2D eigenvalue weighted by molar-refractivity contribution is 5.96. The number of rotatable bonds is 8. The van der Waals surface area contributed by atoms with Crippen LogP contribution in [0.3, 0.4) is 0 Å². The van der Waals surface area contributed by atoms with Crippen molar-refractivity contribution in [3.05, 3.63) is 53.6 Å². The molecule has 150 valence electrons. The molecule has 0 radical (unpaired) electrons. The molecule has 2 aromatic rings. The second kappa shape index (κ2) is 9.78. The largest absolute Gasteiger partial charge is 0.493 e. The fourth-order valence-electron chi connectivity index (χ4n) is 2.66. The summed E-state index contributed by atoms with van der Waals surface area (Å²) in [7, 11) is 1.50. The smallest absolute Gasteiger partial charge is 0.338 e. The van der Waals surface area contributed by atoms with Gasteiger partial charge in [-0.15, -0.1) is 0 Å². The first-order valence-electron chi connectivity index (χ1n) is 9.22. The zero-order valence-electron chi connectivity index (χ0n) is 16.9. The molecule has 0 aliphatic rings. The summed E-state index contributed by atoms with van der Waals surface area (Å²) in [4.78, 5) is 24.5. The molecule has 0 unspecified atom stereocenters. The van der Waals surface area contributed by atoms with E-state index in [1.165, 1.54) is 13.2 Å². The van der Waals surface area contributed by atoms with Crippen LogP contribution in [0.25, 0.3) is 0 Å². The number of carbonyl (C=O) groups is 2. The minimum atomic E-state index is -0.610. The molecule has 2 aromatic carbocycles. The molecule has 0 atom stereocenters. The molecule has 0 heterocycles. The van der Waals surface area contributed by atoms with Crippen molar-refractivity contribution < 1.29 is 23.8 Å². The van der Waals surface area contributed by atoms with Gasteiger partial charge >= 0.3 is 5.97 Å². The summed E-state index contributed by atoms with van der Waals surface area (Å²) in [6.45, 7) is 7.52. The van der Waals surface area contributed by atoms with Crippen LogP contribution in [-0.2, 0) is 9.53 Å². The number of amides is 1. The maximum Gasteiger partial charge on any atom is 0.338 e. The van der Waals surface area contributed by atoms with E-state index in [1.54, 1.807) is 12.1 Å². The monoisotopic (exact) mass is 385 g/mol. The van der Waals surface area contributed by atoms with Gasteiger partial charge in [-0.05, 0) is 49.6 Å². The van der Waals surface area contributed by atoms with Crippen LogP contribution in [0.15, 0.2) is 42.5 Å². The topological polar surface area (TPSA) is 73.9 Å². The Morgan fingerprint density at radius 2 is 1.71 bits per heavy atom. The average molecular weight is 385 g/mol. The van der Waals surface area contributed by atoms with Crippen LogP contribution in [0.4, 0.5) is 5.69 Å². The first-order chi connectivity index (χ1) is 13.3. The van der Waals surface area contributed by atoms with E-state index in [0.29, 0.717) is 11.5 Å². The molecule has 6 heteroatoms. The molecule has 6 nitrogen and oxygen atoms in total. The second-order valence-corrected chi connectivity index (χ2v) is 6.90. The number of benzene rings is 2. The number of hydrogen-bond acceptors (Lipinski definition) is 5. The van der Waals surface area contributed by atoms with Crippen molar-refractivity contribution >= 4 is 17.6 Å². The lowest BCUT2D eigenvalue weighted by atomic mass is 10.0. The molecule has 0 aliphatic carbocycles. The van der Waals surface area contributed by atoms with Crippen molar-refractivity contribution in [3.63, 3.8) is 0 Å². The van der Waals surface area contributed by atoms with Crippen molar-refractivity contribution in [1.82, 2.24) is 0 Å². The zero-order valence-corrected chi connectivity index (χ0v) is 16.9. The van der Waals surface area contributed by atoms with Crippen molar-refractivity contribution in [2.75, 3.05) is 19.0 Å². The number of hydrogen-bond donors (Lipinski definition) is 1. The van der Waals surface area contributed by atoms with Gasteiger partial charge in [0.1, 0.15) is 0 Å². The van der Waals surface area contributed by atoms with E-state index >= 15 is 0 Å². The molecule has 0 spiro atoms. The fraction of sp³-hybridized carbons (Fsp3) is 0.364. The summed E-state index contributed by atoms with van der Waals surface area (Å²) in [5, 5.41) is 2.79. The molecule has 2 rings (SSSR count). The van der Waals surface area contributed by atoms with Gasteiger partial charge in [0, 0.05) is 5.69 Å². The molecule has 1 N–H and O–H groups in total. The van der Waals surface area contributed by atoms with Gasteiger partial charge in [-0.25, -0.2) is 4.79 Å². The lowest BCUT2D eigenvalue weighted by molar-refractivity contribution is -0.119. The SMILES string of the molecule is COc1cc(C(=O)OCC(=O)Nc2ccccc2C(C)C)ccc1OC(C)C. The van der Waals surface area contributed by atoms with Crippen LogP contribution >= 0.6 is 0 Å². The van der Waals surface area contributed by atoms with E-state index in [-0.39, 0.29) is 24.2 Å². The van der Waals surface area contributed by atoms with E-state index in [0.717, 1.165) is 11.3 Å². The first kappa shape index (κ1) is 21.3.